The lowest BCUT2D eigenvalue weighted by Gasteiger charge is -2.32. The third-order valence-electron chi connectivity index (χ3n) is 5.12. The molecule has 35 heavy (non-hydrogen) atoms. The lowest BCUT2D eigenvalue weighted by molar-refractivity contribution is -0.137. The first kappa shape index (κ1) is 27.7. The van der Waals surface area contributed by atoms with Crippen LogP contribution in [0, 0.1) is 5.41 Å². The number of carbonyl (C=O) groups excluding carboxylic acids is 3. The first-order valence-corrected chi connectivity index (χ1v) is 11.2. The standard InChI is InChI=1S/C25H31F3N4O3/c1-5-29-21(33)19(14-16-10-7-6-8-11-16)31-22(34)20(24(2,3)4)32-23(35)30-18-13-9-12-17(15-18)25(26,27)28/h6-13,15,19-20H,5,14H2,1-4H3,(H,29,33)(H,31,34)(H2,30,32,35)/t19-,20+/m0/s1. The van der Waals surface area contributed by atoms with Crippen molar-refractivity contribution in [2.45, 2.75) is 52.4 Å². The molecule has 10 heteroatoms. The van der Waals surface area contributed by atoms with E-state index in [1.54, 1.807) is 27.7 Å². The summed E-state index contributed by atoms with van der Waals surface area (Å²) >= 11 is 0. The Morgan fingerprint density at radius 1 is 0.886 bits per heavy atom. The van der Waals surface area contributed by atoms with Crippen molar-refractivity contribution in [1.82, 2.24) is 16.0 Å². The third kappa shape index (κ3) is 8.62. The molecule has 2 rings (SSSR count). The van der Waals surface area contributed by atoms with E-state index in [1.165, 1.54) is 12.1 Å². The zero-order valence-electron chi connectivity index (χ0n) is 20.1. The van der Waals surface area contributed by atoms with Gasteiger partial charge in [0.2, 0.25) is 11.8 Å². The maximum Gasteiger partial charge on any atom is 0.416 e. The van der Waals surface area contributed by atoms with E-state index in [9.17, 15) is 27.6 Å². The fraction of sp³-hybridized carbons (Fsp3) is 0.400. The van der Waals surface area contributed by atoms with E-state index in [1.807, 2.05) is 30.3 Å². The molecule has 0 fully saturated rings. The van der Waals surface area contributed by atoms with Crippen LogP contribution in [0.25, 0.3) is 0 Å². The number of alkyl halides is 3. The van der Waals surface area contributed by atoms with Crippen molar-refractivity contribution < 1.29 is 27.6 Å². The molecule has 7 nitrogen and oxygen atoms in total. The van der Waals surface area contributed by atoms with E-state index in [4.69, 9.17) is 0 Å². The van der Waals surface area contributed by atoms with Crippen LogP contribution in [0.4, 0.5) is 23.7 Å². The lowest BCUT2D eigenvalue weighted by Crippen LogP contribution is -2.58. The SMILES string of the molecule is CCNC(=O)[C@H](Cc1ccccc1)NC(=O)[C@@H](NC(=O)Nc1cccc(C(F)(F)F)c1)C(C)(C)C. The minimum atomic E-state index is -4.56. The molecule has 0 aromatic heterocycles. The van der Waals surface area contributed by atoms with Gasteiger partial charge in [-0.1, -0.05) is 57.2 Å². The summed E-state index contributed by atoms with van der Waals surface area (Å²) in [5, 5.41) is 10.3. The number of hydrogen-bond acceptors (Lipinski definition) is 3. The van der Waals surface area contributed by atoms with Crippen molar-refractivity contribution in [3.8, 4) is 0 Å². The number of hydrogen-bond donors (Lipinski definition) is 4. The van der Waals surface area contributed by atoms with E-state index >= 15 is 0 Å². The van der Waals surface area contributed by atoms with Gasteiger partial charge in [-0.2, -0.15) is 13.2 Å². The Balaban J connectivity index is 2.17. The van der Waals surface area contributed by atoms with Gasteiger partial charge in [0, 0.05) is 18.7 Å². The minimum absolute atomic E-state index is 0.0744. The van der Waals surface area contributed by atoms with Gasteiger partial charge in [0.1, 0.15) is 12.1 Å². The number of likely N-dealkylation sites (N-methyl/N-ethyl adjacent to an activating group) is 1. The topological polar surface area (TPSA) is 99.3 Å². The van der Waals surface area contributed by atoms with Crippen LogP contribution < -0.4 is 21.3 Å². The second-order valence-electron chi connectivity index (χ2n) is 9.12. The van der Waals surface area contributed by atoms with Crippen molar-refractivity contribution in [2.75, 3.05) is 11.9 Å². The number of rotatable bonds is 8. The van der Waals surface area contributed by atoms with Gasteiger partial charge in [-0.15, -0.1) is 0 Å². The summed E-state index contributed by atoms with van der Waals surface area (Å²) < 4.78 is 38.9. The molecule has 2 atom stereocenters. The Morgan fingerprint density at radius 3 is 2.11 bits per heavy atom. The van der Waals surface area contributed by atoms with Crippen LogP contribution in [0.15, 0.2) is 54.6 Å². The zero-order valence-corrected chi connectivity index (χ0v) is 20.1. The van der Waals surface area contributed by atoms with Crippen LogP contribution >= 0.6 is 0 Å². The molecule has 4 N–H and O–H groups in total. The van der Waals surface area contributed by atoms with Gasteiger partial charge in [-0.05, 0) is 36.1 Å². The summed E-state index contributed by atoms with van der Waals surface area (Å²) in [4.78, 5) is 38.4. The van der Waals surface area contributed by atoms with Crippen LogP contribution in [0.1, 0.15) is 38.8 Å². The van der Waals surface area contributed by atoms with Crippen molar-refractivity contribution in [3.63, 3.8) is 0 Å². The van der Waals surface area contributed by atoms with Gasteiger partial charge in [0.15, 0.2) is 0 Å². The average molecular weight is 493 g/mol. The Kier molecular flexibility index (Phi) is 9.27. The van der Waals surface area contributed by atoms with Gasteiger partial charge in [-0.25, -0.2) is 4.79 Å². The highest BCUT2D eigenvalue weighted by Gasteiger charge is 2.35. The Bertz CT molecular complexity index is 1020. The molecule has 0 saturated carbocycles. The fourth-order valence-electron chi connectivity index (χ4n) is 3.36. The predicted octanol–water partition coefficient (Wildman–Crippen LogP) is 4.11. The highest BCUT2D eigenvalue weighted by molar-refractivity contribution is 5.95. The molecule has 0 unspecified atom stereocenters. The maximum atomic E-state index is 13.2. The number of amides is 4. The van der Waals surface area contributed by atoms with E-state index in [2.05, 4.69) is 21.3 Å². The molecule has 0 heterocycles. The van der Waals surface area contributed by atoms with Crippen molar-refractivity contribution in [1.29, 1.82) is 0 Å². The normalized spacial score (nSPS) is 13.3. The minimum Gasteiger partial charge on any atom is -0.355 e. The highest BCUT2D eigenvalue weighted by atomic mass is 19.4. The highest BCUT2D eigenvalue weighted by Crippen LogP contribution is 2.30. The molecular weight excluding hydrogens is 461 g/mol. The number of benzene rings is 2. The van der Waals surface area contributed by atoms with Gasteiger partial charge >= 0.3 is 12.2 Å². The molecule has 2 aromatic carbocycles. The fourth-order valence-corrected chi connectivity index (χ4v) is 3.36. The van der Waals surface area contributed by atoms with Gasteiger partial charge < -0.3 is 21.3 Å². The molecule has 190 valence electrons. The van der Waals surface area contributed by atoms with Crippen LogP contribution in [0.5, 0.6) is 0 Å². The number of nitrogens with one attached hydrogen (secondary N) is 4. The average Bonchev–Trinajstić information content (AvgIpc) is 2.76. The third-order valence-corrected chi connectivity index (χ3v) is 5.12. The van der Waals surface area contributed by atoms with Crippen LogP contribution in [-0.2, 0) is 22.2 Å². The van der Waals surface area contributed by atoms with Crippen LogP contribution in [0.3, 0.4) is 0 Å². The molecule has 0 radical (unpaired) electrons. The summed E-state index contributed by atoms with van der Waals surface area (Å²) in [6.45, 7) is 7.30. The summed E-state index contributed by atoms with van der Waals surface area (Å²) in [7, 11) is 0. The molecule has 4 amide bonds. The molecule has 2 aromatic rings. The molecule has 0 aliphatic heterocycles. The summed E-state index contributed by atoms with van der Waals surface area (Å²) in [5.41, 5.74) is -0.916. The number of carbonyl (C=O) groups is 3. The van der Waals surface area contributed by atoms with Crippen molar-refractivity contribution in [2.24, 2.45) is 5.41 Å². The van der Waals surface area contributed by atoms with Crippen LogP contribution in [0.2, 0.25) is 0 Å². The molecule has 0 aliphatic carbocycles. The number of halogens is 3. The Labute approximate surface area is 202 Å². The van der Waals surface area contributed by atoms with Crippen LogP contribution in [-0.4, -0.2) is 36.5 Å². The summed E-state index contributed by atoms with van der Waals surface area (Å²) in [6, 6.07) is 10.5. The van der Waals surface area contributed by atoms with E-state index < -0.39 is 41.2 Å². The van der Waals surface area contributed by atoms with E-state index in [0.717, 1.165) is 17.7 Å². The molecule has 0 spiro atoms. The molecule has 0 saturated heterocycles. The van der Waals surface area contributed by atoms with E-state index in [0.29, 0.717) is 6.54 Å². The lowest BCUT2D eigenvalue weighted by atomic mass is 9.86. The monoisotopic (exact) mass is 492 g/mol. The first-order chi connectivity index (χ1) is 16.3. The number of anilines is 1. The van der Waals surface area contributed by atoms with E-state index in [-0.39, 0.29) is 18.0 Å². The molecule has 0 bridgehead atoms. The second-order valence-corrected chi connectivity index (χ2v) is 9.12. The van der Waals surface area contributed by atoms with Crippen molar-refractivity contribution >= 4 is 23.5 Å². The predicted molar refractivity (Wildman–Crippen MR) is 128 cm³/mol. The zero-order chi connectivity index (χ0) is 26.2. The van der Waals surface area contributed by atoms with Gasteiger partial charge in [0.05, 0.1) is 5.56 Å². The Hall–Kier alpha value is -3.56. The smallest absolute Gasteiger partial charge is 0.355 e. The number of urea groups is 1. The summed E-state index contributed by atoms with van der Waals surface area (Å²) in [6.07, 6.45) is -4.32. The largest absolute Gasteiger partial charge is 0.416 e. The summed E-state index contributed by atoms with van der Waals surface area (Å²) in [5.74, 6) is -0.963. The second kappa shape index (κ2) is 11.7. The first-order valence-electron chi connectivity index (χ1n) is 11.2. The molecular formula is C25H31F3N4O3. The molecule has 0 aliphatic rings. The maximum absolute atomic E-state index is 13.2. The van der Waals surface area contributed by atoms with Crippen molar-refractivity contribution in [3.05, 3.63) is 65.7 Å². The quantitative estimate of drug-likeness (QED) is 0.446. The van der Waals surface area contributed by atoms with Gasteiger partial charge in [-0.3, -0.25) is 9.59 Å². The van der Waals surface area contributed by atoms with Gasteiger partial charge in [0.25, 0.3) is 0 Å². The Morgan fingerprint density at radius 2 is 1.54 bits per heavy atom.